The molecule has 0 atom stereocenters. The van der Waals surface area contributed by atoms with E-state index in [0.717, 1.165) is 70.6 Å². The van der Waals surface area contributed by atoms with Crippen LogP contribution in [0.5, 0.6) is 0 Å². The Labute approximate surface area is 378 Å². The molecule has 0 radical (unpaired) electrons. The zero-order chi connectivity index (χ0) is 51.2. The molecule has 0 N–H and O–H groups in total. The van der Waals surface area contributed by atoms with Crippen LogP contribution in [0.3, 0.4) is 0 Å². The highest BCUT2D eigenvalue weighted by Crippen LogP contribution is 2.12. The standard InChI is InChI=1S/C7H14O.3C6H12O.3C5H10O.2C4H8O.C3H6O/c1-3-4-5-6-7(2)8;1-5(7)6(2,3)4;1-3-4-5-6(2)7;1-3-5-6(7)4-2;1-4(2)5(3)6;2*1-3-4-5(2)6;2*1-3-4(2)5;1-3(2)4/h3-6H2,1-2H3;1-4H3;2*3-5H2,1-2H3;4H,1-3H3;2*3-4H2,1-2H3;2*3H2,1-2H3;1-2H3. The summed E-state index contributed by atoms with van der Waals surface area (Å²) in [5, 5.41) is 0. The molecule has 0 saturated heterocycles. The summed E-state index contributed by atoms with van der Waals surface area (Å²) in [6.07, 6.45) is 14.4. The lowest BCUT2D eigenvalue weighted by Gasteiger charge is -2.11. The Morgan fingerprint density at radius 1 is 0.361 bits per heavy atom. The third-order valence-corrected chi connectivity index (χ3v) is 7.01. The summed E-state index contributed by atoms with van der Waals surface area (Å²) in [4.78, 5) is 101. The predicted molar refractivity (Wildman–Crippen MR) is 260 cm³/mol. The van der Waals surface area contributed by atoms with E-state index in [0.29, 0.717) is 36.6 Å². The number of ketones is 10. The number of hydrogen-bond acceptors (Lipinski definition) is 10. The van der Waals surface area contributed by atoms with Crippen molar-refractivity contribution in [2.45, 2.75) is 262 Å². The molecule has 0 bridgehead atoms. The molecule has 0 aromatic rings. The molecule has 0 aliphatic carbocycles. The van der Waals surface area contributed by atoms with Crippen molar-refractivity contribution >= 4 is 57.8 Å². The third kappa shape index (κ3) is 180. The van der Waals surface area contributed by atoms with Crippen LogP contribution in [0, 0.1) is 11.3 Å². The minimum absolute atomic E-state index is 0.139. The summed E-state index contributed by atoms with van der Waals surface area (Å²) in [7, 11) is 0. The van der Waals surface area contributed by atoms with Crippen LogP contribution in [0.2, 0.25) is 0 Å². The topological polar surface area (TPSA) is 171 Å². The van der Waals surface area contributed by atoms with Crippen molar-refractivity contribution in [1.82, 2.24) is 0 Å². The normalized spacial score (nSPS) is 8.79. The van der Waals surface area contributed by atoms with E-state index in [1.54, 1.807) is 55.4 Å². The molecule has 61 heavy (non-hydrogen) atoms. The predicted octanol–water partition coefficient (Wildman–Crippen LogP) is 13.9. The van der Waals surface area contributed by atoms with Crippen molar-refractivity contribution in [3.63, 3.8) is 0 Å². The lowest BCUT2D eigenvalue weighted by molar-refractivity contribution is -0.124. The molecule has 0 aliphatic heterocycles. The van der Waals surface area contributed by atoms with Gasteiger partial charge in [-0.05, 0) is 101 Å². The second-order valence-corrected chi connectivity index (χ2v) is 16.1. The minimum atomic E-state index is -0.139. The maximum Gasteiger partial charge on any atom is 0.135 e. The van der Waals surface area contributed by atoms with Crippen molar-refractivity contribution in [1.29, 1.82) is 0 Å². The first-order chi connectivity index (χ1) is 27.7. The first kappa shape index (κ1) is 81.5. The van der Waals surface area contributed by atoms with Crippen LogP contribution < -0.4 is 0 Å². The number of hydrogen-bond donors (Lipinski definition) is 0. The number of carbonyl (C=O) groups excluding carboxylic acids is 10. The molecule has 0 aromatic heterocycles. The first-order valence-electron chi connectivity index (χ1n) is 22.7. The summed E-state index contributed by atoms with van der Waals surface area (Å²) < 4.78 is 0. The van der Waals surface area contributed by atoms with Gasteiger partial charge < -0.3 is 33.6 Å². The zero-order valence-electron chi connectivity index (χ0n) is 44.5. The Balaban J connectivity index is -0.0000000595. The first-order valence-corrected chi connectivity index (χ1v) is 22.7. The summed E-state index contributed by atoms with van der Waals surface area (Å²) in [5.41, 5.74) is -0.139. The number of Topliss-reactive ketones (excluding diaryl/α,β-unsaturated/α-hetero) is 10. The molecule has 0 unspecified atom stereocenters. The molecule has 0 aliphatic rings. The second-order valence-electron chi connectivity index (χ2n) is 16.1. The van der Waals surface area contributed by atoms with Gasteiger partial charge in [0.1, 0.15) is 57.8 Å². The van der Waals surface area contributed by atoms with Gasteiger partial charge in [0.15, 0.2) is 0 Å². The van der Waals surface area contributed by atoms with Gasteiger partial charge in [0.05, 0.1) is 0 Å². The van der Waals surface area contributed by atoms with E-state index < -0.39 is 0 Å². The summed E-state index contributed by atoms with van der Waals surface area (Å²) in [6.45, 7) is 41.3. The van der Waals surface area contributed by atoms with Gasteiger partial charge in [-0.15, -0.1) is 0 Å². The van der Waals surface area contributed by atoms with Crippen LogP contribution in [-0.4, -0.2) is 57.8 Å². The van der Waals surface area contributed by atoms with Crippen LogP contribution in [0.1, 0.15) is 262 Å². The fourth-order valence-corrected chi connectivity index (χ4v) is 2.21. The lowest BCUT2D eigenvalue weighted by Crippen LogP contribution is -2.15. The summed E-state index contributed by atoms with van der Waals surface area (Å²) in [6, 6.07) is 0. The number of carbonyl (C=O) groups is 10. The zero-order valence-corrected chi connectivity index (χ0v) is 44.5. The fraction of sp³-hybridized carbons (Fsp3) is 0.804. The van der Waals surface area contributed by atoms with E-state index in [4.69, 9.17) is 0 Å². The average Bonchev–Trinajstić information content (AvgIpc) is 3.12. The molecule has 0 amide bonds. The van der Waals surface area contributed by atoms with E-state index in [2.05, 4.69) is 13.8 Å². The van der Waals surface area contributed by atoms with Crippen molar-refractivity contribution in [3.8, 4) is 0 Å². The monoisotopic (exact) mass is 875 g/mol. The highest BCUT2D eigenvalue weighted by molar-refractivity contribution is 5.81. The molecular weight excluding hydrogens is 773 g/mol. The van der Waals surface area contributed by atoms with Gasteiger partial charge in [-0.2, -0.15) is 0 Å². The largest absolute Gasteiger partial charge is 0.300 e. The maximum atomic E-state index is 10.5. The smallest absolute Gasteiger partial charge is 0.135 e. The van der Waals surface area contributed by atoms with Gasteiger partial charge in [-0.25, -0.2) is 0 Å². The molecule has 0 heterocycles. The Morgan fingerprint density at radius 2 is 0.590 bits per heavy atom. The molecule has 366 valence electrons. The van der Waals surface area contributed by atoms with Gasteiger partial charge in [-0.1, -0.05) is 109 Å². The SMILES string of the molecule is CC(=O)C(C)(C)C.CC(=O)C(C)C.CC(C)=O.CCC(C)=O.CCC(C)=O.CCCC(=O)CC.CCCC(C)=O.CCCC(C)=O.CCCCC(C)=O.CCCCCC(C)=O. The lowest BCUT2D eigenvalue weighted by atomic mass is 9.92. The molecule has 0 rings (SSSR count). The van der Waals surface area contributed by atoms with Crippen molar-refractivity contribution in [2.24, 2.45) is 11.3 Å². The summed E-state index contributed by atoms with van der Waals surface area (Å²) in [5.74, 6) is 2.97. The van der Waals surface area contributed by atoms with Gasteiger partial charge in [0.2, 0.25) is 0 Å². The molecular formula is C51H102O10. The Kier molecular flexibility index (Phi) is 88.0. The van der Waals surface area contributed by atoms with E-state index >= 15 is 0 Å². The van der Waals surface area contributed by atoms with Gasteiger partial charge >= 0.3 is 0 Å². The summed E-state index contributed by atoms with van der Waals surface area (Å²) >= 11 is 0. The van der Waals surface area contributed by atoms with E-state index in [-0.39, 0.29) is 51.8 Å². The van der Waals surface area contributed by atoms with Crippen LogP contribution >= 0.6 is 0 Å². The second kappa shape index (κ2) is 65.8. The quantitative estimate of drug-likeness (QED) is 0.128. The Morgan fingerprint density at radius 3 is 0.672 bits per heavy atom. The molecule has 0 saturated carbocycles. The molecule has 10 nitrogen and oxygen atoms in total. The van der Waals surface area contributed by atoms with E-state index in [1.165, 1.54) is 26.7 Å². The number of rotatable bonds is 17. The molecule has 0 aromatic carbocycles. The van der Waals surface area contributed by atoms with Crippen molar-refractivity contribution in [2.75, 3.05) is 0 Å². The van der Waals surface area contributed by atoms with E-state index in [9.17, 15) is 47.9 Å². The van der Waals surface area contributed by atoms with Gasteiger partial charge in [-0.3, -0.25) is 14.4 Å². The average molecular weight is 875 g/mol. The fourth-order valence-electron chi connectivity index (χ4n) is 2.21. The van der Waals surface area contributed by atoms with E-state index in [1.807, 2.05) is 76.2 Å². The van der Waals surface area contributed by atoms with Crippen LogP contribution in [-0.2, 0) is 47.9 Å². The van der Waals surface area contributed by atoms with Crippen LogP contribution in [0.4, 0.5) is 0 Å². The highest BCUT2D eigenvalue weighted by Gasteiger charge is 2.14. The number of unbranched alkanes of at least 4 members (excludes halogenated alkanes) is 3. The maximum absolute atomic E-state index is 10.5. The molecule has 10 heteroatoms. The molecule has 0 fully saturated rings. The highest BCUT2D eigenvalue weighted by atomic mass is 16.2. The van der Waals surface area contributed by atoms with Crippen LogP contribution in [0.15, 0.2) is 0 Å². The van der Waals surface area contributed by atoms with Gasteiger partial charge in [0, 0.05) is 62.7 Å². The van der Waals surface area contributed by atoms with Crippen molar-refractivity contribution in [3.05, 3.63) is 0 Å². The Bertz CT molecular complexity index is 1040. The van der Waals surface area contributed by atoms with Crippen molar-refractivity contribution < 1.29 is 47.9 Å². The van der Waals surface area contributed by atoms with Gasteiger partial charge in [0.25, 0.3) is 0 Å². The third-order valence-electron chi connectivity index (χ3n) is 7.01. The Hall–Kier alpha value is -3.30. The molecule has 0 spiro atoms. The van der Waals surface area contributed by atoms with Crippen LogP contribution in [0.25, 0.3) is 0 Å². The minimum Gasteiger partial charge on any atom is -0.300 e.